The highest BCUT2D eigenvalue weighted by atomic mass is 16.7. The maximum Gasteiger partial charge on any atom is 0.305 e. The Morgan fingerprint density at radius 1 is 1.32 bits per heavy atom. The summed E-state index contributed by atoms with van der Waals surface area (Å²) < 4.78 is 16.7. The lowest BCUT2D eigenvalue weighted by Crippen LogP contribution is -2.34. The molecule has 4 nitrogen and oxygen atoms in total. The summed E-state index contributed by atoms with van der Waals surface area (Å²) in [6.07, 6.45) is 3.95. The predicted molar refractivity (Wildman–Crippen MR) is 85.3 cm³/mol. The molecule has 0 spiro atoms. The van der Waals surface area contributed by atoms with Gasteiger partial charge in [-0.3, -0.25) is 4.79 Å². The minimum atomic E-state index is -0.477. The van der Waals surface area contributed by atoms with Gasteiger partial charge in [-0.05, 0) is 56.3 Å². The molecule has 4 atom stereocenters. The van der Waals surface area contributed by atoms with Crippen LogP contribution in [0.25, 0.3) is 0 Å². The van der Waals surface area contributed by atoms with Crippen molar-refractivity contribution in [3.63, 3.8) is 0 Å². The minimum absolute atomic E-state index is 0.0901. The molecule has 0 bridgehead atoms. The highest BCUT2D eigenvalue weighted by molar-refractivity contribution is 5.69. The molecule has 0 aromatic heterocycles. The van der Waals surface area contributed by atoms with Gasteiger partial charge in [0, 0.05) is 6.42 Å². The van der Waals surface area contributed by atoms with Gasteiger partial charge in [0.2, 0.25) is 0 Å². The van der Waals surface area contributed by atoms with Gasteiger partial charge in [0.1, 0.15) is 0 Å². The summed E-state index contributed by atoms with van der Waals surface area (Å²) in [6.45, 7) is 11.4. The molecular formula is C18H32O4. The lowest BCUT2D eigenvalue weighted by molar-refractivity contribution is -0.147. The summed E-state index contributed by atoms with van der Waals surface area (Å²) in [4.78, 5) is 11.9. The van der Waals surface area contributed by atoms with Crippen molar-refractivity contribution in [2.24, 2.45) is 23.2 Å². The second-order valence-electron chi connectivity index (χ2n) is 8.14. The normalized spacial score (nSPS) is 37.7. The quantitative estimate of drug-likeness (QED) is 0.725. The molecule has 1 saturated carbocycles. The molecule has 128 valence electrons. The van der Waals surface area contributed by atoms with Crippen molar-refractivity contribution < 1.29 is 19.0 Å². The van der Waals surface area contributed by atoms with Crippen molar-refractivity contribution in [1.82, 2.24) is 0 Å². The summed E-state index contributed by atoms with van der Waals surface area (Å²) in [6, 6.07) is 0. The standard InChI is InChI=1S/C18H32O4/c1-12(2)14-7-8-18(5,15(14)9-16(19)20-6)10-13-11-21-17(3,4)22-13/h12-15H,7-11H2,1-6H3/t13-,14+,15-,18+/m0/s1. The van der Waals surface area contributed by atoms with Crippen molar-refractivity contribution in [3.8, 4) is 0 Å². The summed E-state index contributed by atoms with van der Waals surface area (Å²) in [5, 5.41) is 0. The van der Waals surface area contributed by atoms with Crippen molar-refractivity contribution in [3.05, 3.63) is 0 Å². The number of esters is 1. The molecule has 1 saturated heterocycles. The van der Waals surface area contributed by atoms with Crippen LogP contribution in [0.1, 0.15) is 60.3 Å². The Morgan fingerprint density at radius 3 is 2.50 bits per heavy atom. The largest absolute Gasteiger partial charge is 0.469 e. The molecule has 0 radical (unpaired) electrons. The van der Waals surface area contributed by atoms with Crippen LogP contribution in [0.15, 0.2) is 0 Å². The van der Waals surface area contributed by atoms with Crippen LogP contribution < -0.4 is 0 Å². The molecule has 0 amide bonds. The number of ether oxygens (including phenoxy) is 3. The third-order valence-electron chi connectivity index (χ3n) is 5.69. The minimum Gasteiger partial charge on any atom is -0.469 e. The van der Waals surface area contributed by atoms with Gasteiger partial charge in [-0.1, -0.05) is 20.8 Å². The number of methoxy groups -OCH3 is 1. The summed E-state index contributed by atoms with van der Waals surface area (Å²) in [5.41, 5.74) is 0.123. The van der Waals surface area contributed by atoms with E-state index in [2.05, 4.69) is 20.8 Å². The number of hydrogen-bond donors (Lipinski definition) is 0. The van der Waals surface area contributed by atoms with Crippen LogP contribution in [0.4, 0.5) is 0 Å². The van der Waals surface area contributed by atoms with Crippen LogP contribution >= 0.6 is 0 Å². The van der Waals surface area contributed by atoms with Crippen molar-refractivity contribution in [1.29, 1.82) is 0 Å². The fourth-order valence-electron chi connectivity index (χ4n) is 4.50. The second kappa shape index (κ2) is 6.48. The maximum atomic E-state index is 11.9. The van der Waals surface area contributed by atoms with Gasteiger partial charge >= 0.3 is 5.97 Å². The van der Waals surface area contributed by atoms with Crippen LogP contribution in [0, 0.1) is 23.2 Å². The fraction of sp³-hybridized carbons (Fsp3) is 0.944. The van der Waals surface area contributed by atoms with Crippen LogP contribution in [0.5, 0.6) is 0 Å². The molecule has 2 rings (SSSR count). The van der Waals surface area contributed by atoms with Crippen molar-refractivity contribution in [2.75, 3.05) is 13.7 Å². The fourth-order valence-corrected chi connectivity index (χ4v) is 4.50. The Morgan fingerprint density at radius 2 is 2.00 bits per heavy atom. The van der Waals surface area contributed by atoms with E-state index in [9.17, 15) is 4.79 Å². The number of carbonyl (C=O) groups excluding carboxylic acids is 1. The van der Waals surface area contributed by atoms with Gasteiger partial charge in [0.05, 0.1) is 19.8 Å². The molecule has 0 N–H and O–H groups in total. The van der Waals surface area contributed by atoms with Gasteiger partial charge in [0.25, 0.3) is 0 Å². The van der Waals surface area contributed by atoms with Gasteiger partial charge in [-0.25, -0.2) is 0 Å². The maximum absolute atomic E-state index is 11.9. The smallest absolute Gasteiger partial charge is 0.305 e. The molecule has 4 heteroatoms. The van der Waals surface area contributed by atoms with Crippen LogP contribution in [-0.4, -0.2) is 31.6 Å². The zero-order valence-corrected chi connectivity index (χ0v) is 15.0. The van der Waals surface area contributed by atoms with Gasteiger partial charge < -0.3 is 14.2 Å². The van der Waals surface area contributed by atoms with E-state index < -0.39 is 5.79 Å². The van der Waals surface area contributed by atoms with E-state index in [-0.39, 0.29) is 17.5 Å². The summed E-state index contributed by atoms with van der Waals surface area (Å²) in [5.74, 6) is 0.975. The van der Waals surface area contributed by atoms with Crippen molar-refractivity contribution >= 4 is 5.97 Å². The van der Waals surface area contributed by atoms with Gasteiger partial charge in [-0.15, -0.1) is 0 Å². The summed E-state index contributed by atoms with van der Waals surface area (Å²) >= 11 is 0. The lowest BCUT2D eigenvalue weighted by Gasteiger charge is -2.36. The Kier molecular flexibility index (Phi) is 5.23. The number of hydrogen-bond acceptors (Lipinski definition) is 4. The van der Waals surface area contributed by atoms with E-state index in [0.29, 0.717) is 30.8 Å². The first-order valence-electron chi connectivity index (χ1n) is 8.55. The molecule has 0 aromatic rings. The van der Waals surface area contributed by atoms with E-state index in [1.54, 1.807) is 0 Å². The summed E-state index contributed by atoms with van der Waals surface area (Å²) in [7, 11) is 1.48. The van der Waals surface area contributed by atoms with Crippen LogP contribution in [0.2, 0.25) is 0 Å². The monoisotopic (exact) mass is 312 g/mol. The molecular weight excluding hydrogens is 280 g/mol. The first kappa shape index (κ1) is 17.7. The Labute approximate surface area is 134 Å². The van der Waals surface area contributed by atoms with E-state index >= 15 is 0 Å². The Balaban J connectivity index is 2.10. The van der Waals surface area contributed by atoms with E-state index in [4.69, 9.17) is 14.2 Å². The molecule has 0 aromatic carbocycles. The highest BCUT2D eigenvalue weighted by Gasteiger charge is 2.49. The van der Waals surface area contributed by atoms with Crippen molar-refractivity contribution in [2.45, 2.75) is 72.2 Å². The third kappa shape index (κ3) is 3.83. The predicted octanol–water partition coefficient (Wildman–Crippen LogP) is 3.78. The number of carbonyl (C=O) groups is 1. The molecule has 0 unspecified atom stereocenters. The highest BCUT2D eigenvalue weighted by Crippen LogP contribution is 2.54. The Hall–Kier alpha value is -0.610. The zero-order chi connectivity index (χ0) is 16.5. The third-order valence-corrected chi connectivity index (χ3v) is 5.69. The van der Waals surface area contributed by atoms with E-state index in [1.807, 2.05) is 13.8 Å². The molecule has 22 heavy (non-hydrogen) atoms. The molecule has 2 aliphatic rings. The lowest BCUT2D eigenvalue weighted by atomic mass is 9.70. The van der Waals surface area contributed by atoms with E-state index in [1.165, 1.54) is 13.5 Å². The average molecular weight is 312 g/mol. The zero-order valence-electron chi connectivity index (χ0n) is 15.0. The van der Waals surface area contributed by atoms with Crippen LogP contribution in [-0.2, 0) is 19.0 Å². The first-order valence-corrected chi connectivity index (χ1v) is 8.55. The molecule has 1 aliphatic heterocycles. The van der Waals surface area contributed by atoms with Gasteiger partial charge in [0.15, 0.2) is 5.79 Å². The van der Waals surface area contributed by atoms with Gasteiger partial charge in [-0.2, -0.15) is 0 Å². The van der Waals surface area contributed by atoms with E-state index in [0.717, 1.165) is 12.8 Å². The van der Waals surface area contributed by atoms with Crippen LogP contribution in [0.3, 0.4) is 0 Å². The first-order chi connectivity index (χ1) is 10.2. The molecule has 1 heterocycles. The topological polar surface area (TPSA) is 44.8 Å². The second-order valence-corrected chi connectivity index (χ2v) is 8.14. The molecule has 1 aliphatic carbocycles. The SMILES string of the molecule is COC(=O)C[C@H]1[C@@H](C(C)C)CC[C@]1(C)C[C@H]1COC(C)(C)O1. The molecule has 2 fully saturated rings. The number of rotatable bonds is 5. The average Bonchev–Trinajstić information content (AvgIpc) is 2.91. The Bertz CT molecular complexity index is 404.